The van der Waals surface area contributed by atoms with Crippen LogP contribution in [-0.4, -0.2) is 15.0 Å². The Bertz CT molecular complexity index is 1350. The Balaban J connectivity index is 1.73. The molecule has 0 spiro atoms. The van der Waals surface area contributed by atoms with Crippen LogP contribution in [0.25, 0.3) is 44.1 Å². The molecule has 0 radical (unpaired) electrons. The smallest absolute Gasteiger partial charge is 0.0973 e. The van der Waals surface area contributed by atoms with Gasteiger partial charge in [0, 0.05) is 22.4 Å². The van der Waals surface area contributed by atoms with Crippen molar-refractivity contribution in [2.75, 3.05) is 0 Å². The summed E-state index contributed by atoms with van der Waals surface area (Å²) >= 11 is 0. The maximum absolute atomic E-state index is 5.13. The van der Waals surface area contributed by atoms with Gasteiger partial charge in [-0.25, -0.2) is 9.97 Å². The van der Waals surface area contributed by atoms with Crippen molar-refractivity contribution in [3.05, 3.63) is 78.0 Å². The quantitative estimate of drug-likeness (QED) is 0.275. The van der Waals surface area contributed by atoms with Crippen molar-refractivity contribution in [3.8, 4) is 11.4 Å². The van der Waals surface area contributed by atoms with Crippen LogP contribution in [0.1, 0.15) is 17.5 Å². The van der Waals surface area contributed by atoms with Gasteiger partial charge in [0.05, 0.1) is 27.9 Å². The molecule has 6 rings (SSSR count). The predicted molar refractivity (Wildman–Crippen MR) is 110 cm³/mol. The van der Waals surface area contributed by atoms with Gasteiger partial charge < -0.3 is 0 Å². The summed E-state index contributed by atoms with van der Waals surface area (Å²) in [7, 11) is 0. The molecule has 0 N–H and O–H groups in total. The Morgan fingerprint density at radius 1 is 0.630 bits per heavy atom. The summed E-state index contributed by atoms with van der Waals surface area (Å²) in [6.45, 7) is 0. The molecule has 1 aliphatic rings. The van der Waals surface area contributed by atoms with Crippen LogP contribution in [0.3, 0.4) is 0 Å². The maximum atomic E-state index is 5.13. The Kier molecular flexibility index (Phi) is 3.06. The van der Waals surface area contributed by atoms with E-state index in [2.05, 4.69) is 53.5 Å². The van der Waals surface area contributed by atoms with E-state index >= 15 is 0 Å². The number of hydrogen-bond acceptors (Lipinski definition) is 3. The summed E-state index contributed by atoms with van der Waals surface area (Å²) < 4.78 is 0. The van der Waals surface area contributed by atoms with Crippen LogP contribution in [-0.2, 0) is 12.8 Å². The van der Waals surface area contributed by atoms with Crippen LogP contribution >= 0.6 is 0 Å². The summed E-state index contributed by atoms with van der Waals surface area (Å²) in [4.78, 5) is 14.8. The number of fused-ring (bicyclic) bond motifs is 7. The average Bonchev–Trinajstić information content (AvgIpc) is 2.90. The molecule has 3 heteroatoms. The van der Waals surface area contributed by atoms with Gasteiger partial charge in [0.2, 0.25) is 0 Å². The number of para-hydroxylation sites is 1. The standard InChI is InChI=1S/C24H17N3/c1-2-9-20-16(5-1)13-18-10-11-19-14-17-7-3-6-15-8-4-12-25-21(15)22(17)27-24(19)23(18)26-20/h1-2,4-5,8-14H,3,6-7H2. The Labute approximate surface area is 156 Å². The van der Waals surface area contributed by atoms with Crippen molar-refractivity contribution in [1.29, 1.82) is 0 Å². The zero-order valence-electron chi connectivity index (χ0n) is 14.8. The summed E-state index contributed by atoms with van der Waals surface area (Å²) in [6.07, 6.45) is 5.10. The first-order chi connectivity index (χ1) is 13.4. The zero-order chi connectivity index (χ0) is 17.8. The fraction of sp³-hybridized carbons (Fsp3) is 0.125. The molecule has 27 heavy (non-hydrogen) atoms. The number of nitrogens with zero attached hydrogens (tertiary/aromatic N) is 3. The van der Waals surface area contributed by atoms with Crippen LogP contribution in [0.2, 0.25) is 0 Å². The number of pyridine rings is 3. The molecule has 2 aromatic carbocycles. The number of rotatable bonds is 0. The largest absolute Gasteiger partial charge is 0.254 e. The second kappa shape index (κ2) is 5.58. The van der Waals surface area contributed by atoms with Gasteiger partial charge in [-0.05, 0) is 54.7 Å². The van der Waals surface area contributed by atoms with E-state index in [1.807, 2.05) is 18.3 Å². The minimum Gasteiger partial charge on any atom is -0.254 e. The number of aromatic nitrogens is 3. The summed E-state index contributed by atoms with van der Waals surface area (Å²) in [5.74, 6) is 0. The highest BCUT2D eigenvalue weighted by Gasteiger charge is 2.18. The molecule has 5 aromatic rings. The van der Waals surface area contributed by atoms with Crippen molar-refractivity contribution in [3.63, 3.8) is 0 Å². The van der Waals surface area contributed by atoms with Gasteiger partial charge in [-0.2, -0.15) is 0 Å². The third-order valence-corrected chi connectivity index (χ3v) is 5.56. The van der Waals surface area contributed by atoms with Gasteiger partial charge in [0.1, 0.15) is 0 Å². The lowest BCUT2D eigenvalue weighted by atomic mass is 10.0. The molecule has 128 valence electrons. The fourth-order valence-corrected chi connectivity index (χ4v) is 4.24. The van der Waals surface area contributed by atoms with E-state index in [1.165, 1.54) is 11.1 Å². The van der Waals surface area contributed by atoms with E-state index in [4.69, 9.17) is 9.97 Å². The topological polar surface area (TPSA) is 38.7 Å². The van der Waals surface area contributed by atoms with E-state index in [-0.39, 0.29) is 0 Å². The van der Waals surface area contributed by atoms with Crippen molar-refractivity contribution in [2.24, 2.45) is 0 Å². The molecule has 0 unspecified atom stereocenters. The van der Waals surface area contributed by atoms with Gasteiger partial charge in [-0.1, -0.05) is 36.4 Å². The molecule has 0 amide bonds. The Morgan fingerprint density at radius 2 is 1.44 bits per heavy atom. The second-order valence-corrected chi connectivity index (χ2v) is 7.25. The van der Waals surface area contributed by atoms with Crippen LogP contribution in [0.15, 0.2) is 66.9 Å². The molecule has 1 aliphatic carbocycles. The first kappa shape index (κ1) is 14.8. The first-order valence-electron chi connectivity index (χ1n) is 9.43. The number of hydrogen-bond donors (Lipinski definition) is 0. The molecular weight excluding hydrogens is 330 g/mol. The minimum absolute atomic E-state index is 0.968. The summed E-state index contributed by atoms with van der Waals surface area (Å²) in [6, 6.07) is 21.3. The van der Waals surface area contributed by atoms with Crippen LogP contribution in [0, 0.1) is 0 Å². The Morgan fingerprint density at radius 3 is 2.41 bits per heavy atom. The second-order valence-electron chi connectivity index (χ2n) is 7.25. The molecule has 3 nitrogen and oxygen atoms in total. The lowest BCUT2D eigenvalue weighted by molar-refractivity contribution is 0.833. The lowest BCUT2D eigenvalue weighted by Crippen LogP contribution is -1.97. The number of benzene rings is 2. The van der Waals surface area contributed by atoms with E-state index < -0.39 is 0 Å². The SMILES string of the molecule is c1cnc2c(c1)CCCc1cc3ccc4cc5ccccc5nc4c3nc1-2. The lowest BCUT2D eigenvalue weighted by Gasteiger charge is -2.11. The van der Waals surface area contributed by atoms with E-state index in [0.29, 0.717) is 0 Å². The first-order valence-corrected chi connectivity index (χ1v) is 9.43. The minimum atomic E-state index is 0.968. The molecule has 0 bridgehead atoms. The molecule has 0 fully saturated rings. The summed E-state index contributed by atoms with van der Waals surface area (Å²) in [5.41, 5.74) is 7.59. The van der Waals surface area contributed by atoms with Crippen molar-refractivity contribution in [1.82, 2.24) is 15.0 Å². The van der Waals surface area contributed by atoms with E-state index in [1.54, 1.807) is 0 Å². The Hall–Kier alpha value is -3.33. The monoisotopic (exact) mass is 347 g/mol. The van der Waals surface area contributed by atoms with Gasteiger partial charge >= 0.3 is 0 Å². The van der Waals surface area contributed by atoms with Crippen molar-refractivity contribution < 1.29 is 0 Å². The van der Waals surface area contributed by atoms with E-state index in [0.717, 1.165) is 63.4 Å². The van der Waals surface area contributed by atoms with Gasteiger partial charge in [-0.3, -0.25) is 4.98 Å². The van der Waals surface area contributed by atoms with Crippen LogP contribution in [0.4, 0.5) is 0 Å². The fourth-order valence-electron chi connectivity index (χ4n) is 4.24. The maximum Gasteiger partial charge on any atom is 0.0973 e. The number of aryl methyl sites for hydroxylation is 2. The van der Waals surface area contributed by atoms with Crippen LogP contribution < -0.4 is 0 Å². The molecule has 0 aliphatic heterocycles. The summed E-state index contributed by atoms with van der Waals surface area (Å²) in [5, 5.41) is 3.44. The normalized spacial score (nSPS) is 13.5. The third-order valence-electron chi connectivity index (χ3n) is 5.56. The average molecular weight is 347 g/mol. The molecule has 3 heterocycles. The highest BCUT2D eigenvalue weighted by molar-refractivity contribution is 6.07. The highest BCUT2D eigenvalue weighted by atomic mass is 14.8. The third kappa shape index (κ3) is 2.25. The molecule has 0 saturated heterocycles. The van der Waals surface area contributed by atoms with Crippen molar-refractivity contribution in [2.45, 2.75) is 19.3 Å². The van der Waals surface area contributed by atoms with E-state index in [9.17, 15) is 0 Å². The molecular formula is C24H17N3. The van der Waals surface area contributed by atoms with Gasteiger partial charge in [0.15, 0.2) is 0 Å². The van der Waals surface area contributed by atoms with Crippen LogP contribution in [0.5, 0.6) is 0 Å². The molecule has 0 atom stereocenters. The highest BCUT2D eigenvalue weighted by Crippen LogP contribution is 2.34. The van der Waals surface area contributed by atoms with Gasteiger partial charge in [-0.15, -0.1) is 0 Å². The molecule has 0 saturated carbocycles. The predicted octanol–water partition coefficient (Wildman–Crippen LogP) is 5.49. The zero-order valence-corrected chi connectivity index (χ0v) is 14.8. The van der Waals surface area contributed by atoms with Gasteiger partial charge in [0.25, 0.3) is 0 Å². The van der Waals surface area contributed by atoms with Crippen molar-refractivity contribution >= 4 is 32.7 Å². The molecule has 3 aromatic heterocycles.